The predicted molar refractivity (Wildman–Crippen MR) is 130 cm³/mol. The van der Waals surface area contributed by atoms with Crippen molar-refractivity contribution in [2.24, 2.45) is 11.8 Å². The van der Waals surface area contributed by atoms with Crippen molar-refractivity contribution in [3.8, 4) is 10.7 Å². The fourth-order valence-electron chi connectivity index (χ4n) is 4.72. The van der Waals surface area contributed by atoms with E-state index in [1.165, 1.54) is 15.9 Å². The quantitative estimate of drug-likeness (QED) is 0.494. The van der Waals surface area contributed by atoms with E-state index in [1.54, 1.807) is 18.2 Å². The number of halogens is 3. The number of hydrogen-bond acceptors (Lipinski definition) is 6. The normalized spacial score (nSPS) is 21.4. The van der Waals surface area contributed by atoms with Gasteiger partial charge in [-0.15, -0.1) is 10.2 Å². The highest BCUT2D eigenvalue weighted by Gasteiger charge is 2.39. The lowest BCUT2D eigenvalue weighted by molar-refractivity contribution is -0.139. The number of likely N-dealkylation sites (tertiary alicyclic amines) is 1. The van der Waals surface area contributed by atoms with Crippen LogP contribution >= 0.6 is 11.3 Å². The number of carbonyl (C=O) groups excluding carboxylic acids is 1. The Labute approximate surface area is 205 Å². The lowest BCUT2D eigenvalue weighted by Gasteiger charge is -2.30. The molecule has 1 aliphatic heterocycles. The molecular formula is C24H29F3N6OS. The molecule has 7 nitrogen and oxygen atoms in total. The number of piperidine rings is 1. The van der Waals surface area contributed by atoms with Gasteiger partial charge < -0.3 is 20.1 Å². The molecule has 2 aromatic heterocycles. The minimum absolute atomic E-state index is 0.00921. The Morgan fingerprint density at radius 3 is 2.66 bits per heavy atom. The monoisotopic (exact) mass is 506 g/mol. The van der Waals surface area contributed by atoms with Gasteiger partial charge in [-0.3, -0.25) is 4.79 Å². The number of hydrogen-bond donors (Lipinski definition) is 2. The molecule has 3 aromatic rings. The van der Waals surface area contributed by atoms with Crippen LogP contribution in [0.3, 0.4) is 0 Å². The Bertz CT molecular complexity index is 1210. The molecule has 11 heteroatoms. The lowest BCUT2D eigenvalue weighted by atomic mass is 10.0. The fraction of sp³-hybridized carbons (Fsp3) is 0.542. The third-order valence-corrected chi connectivity index (χ3v) is 7.85. The number of nitrogens with zero attached hydrogens (tertiary/aromatic N) is 4. The summed E-state index contributed by atoms with van der Waals surface area (Å²) in [5.74, 6) is 0.438. The Morgan fingerprint density at radius 2 is 1.97 bits per heavy atom. The van der Waals surface area contributed by atoms with E-state index in [0.717, 1.165) is 43.4 Å². The second kappa shape index (κ2) is 9.42. The molecule has 1 amide bonds. The maximum atomic E-state index is 13.6. The number of benzene rings is 1. The minimum atomic E-state index is -4.39. The molecule has 2 aliphatic rings. The first kappa shape index (κ1) is 24.1. The SMILES string of the molecule is C[C@@H]1C[C@H]1C(=O)NCc1nnc(-c2cc3c(NC4CCN(C)CC4)cccc3n2CC(F)(F)F)s1. The molecule has 0 spiro atoms. The predicted octanol–water partition coefficient (Wildman–Crippen LogP) is 4.50. The van der Waals surface area contributed by atoms with Crippen LogP contribution in [0.1, 0.15) is 31.2 Å². The minimum Gasteiger partial charge on any atom is -0.382 e. The largest absolute Gasteiger partial charge is 0.406 e. The van der Waals surface area contributed by atoms with E-state index in [0.29, 0.717) is 27.1 Å². The van der Waals surface area contributed by atoms with Crippen molar-refractivity contribution in [3.05, 3.63) is 29.3 Å². The summed E-state index contributed by atoms with van der Waals surface area (Å²) in [6.45, 7) is 3.11. The van der Waals surface area contributed by atoms with Crippen LogP contribution in [0.5, 0.6) is 0 Å². The van der Waals surface area contributed by atoms with Gasteiger partial charge in [0.05, 0.1) is 17.8 Å². The van der Waals surface area contributed by atoms with Crippen molar-refractivity contribution in [3.63, 3.8) is 0 Å². The molecule has 35 heavy (non-hydrogen) atoms. The van der Waals surface area contributed by atoms with Gasteiger partial charge in [-0.2, -0.15) is 13.2 Å². The summed E-state index contributed by atoms with van der Waals surface area (Å²) in [6.07, 6.45) is -1.54. The number of amides is 1. The third-order valence-electron chi connectivity index (χ3n) is 6.91. The summed E-state index contributed by atoms with van der Waals surface area (Å²) in [6, 6.07) is 7.46. The molecule has 0 bridgehead atoms. The topological polar surface area (TPSA) is 75.1 Å². The second-order valence-corrected chi connectivity index (χ2v) is 10.8. The zero-order valence-electron chi connectivity index (χ0n) is 19.7. The number of aromatic nitrogens is 3. The van der Waals surface area contributed by atoms with Crippen molar-refractivity contribution in [2.75, 3.05) is 25.5 Å². The van der Waals surface area contributed by atoms with Crippen LogP contribution in [0.4, 0.5) is 18.9 Å². The Hall–Kier alpha value is -2.66. The standard InChI is InChI=1S/C24H29F3N6OS/c1-14-10-16(14)22(34)28-12-21-30-31-23(35-21)20-11-17-18(29-15-6-8-32(2)9-7-15)4-3-5-19(17)33(20)13-24(25,26)27/h3-5,11,14-16,29H,6-10,12-13H2,1-2H3,(H,28,34)/t14-,16-/m1/s1. The van der Waals surface area contributed by atoms with E-state index in [1.807, 2.05) is 13.0 Å². The molecule has 1 saturated carbocycles. The Kier molecular flexibility index (Phi) is 6.47. The van der Waals surface area contributed by atoms with Crippen molar-refractivity contribution in [2.45, 2.75) is 51.5 Å². The van der Waals surface area contributed by atoms with Gasteiger partial charge in [0.2, 0.25) is 5.91 Å². The van der Waals surface area contributed by atoms with Crippen molar-refractivity contribution in [1.82, 2.24) is 25.0 Å². The van der Waals surface area contributed by atoms with Crippen molar-refractivity contribution in [1.29, 1.82) is 0 Å². The maximum Gasteiger partial charge on any atom is 0.406 e. The molecule has 3 heterocycles. The Balaban J connectivity index is 1.43. The van der Waals surface area contributed by atoms with Crippen LogP contribution in [0, 0.1) is 11.8 Å². The van der Waals surface area contributed by atoms with Gasteiger partial charge in [-0.1, -0.05) is 24.3 Å². The average molecular weight is 507 g/mol. The number of alkyl halides is 3. The number of fused-ring (bicyclic) bond motifs is 1. The van der Waals surface area contributed by atoms with Gasteiger partial charge in [-0.25, -0.2) is 0 Å². The highest BCUT2D eigenvalue weighted by molar-refractivity contribution is 7.14. The highest BCUT2D eigenvalue weighted by Crippen LogP contribution is 2.38. The van der Waals surface area contributed by atoms with Gasteiger partial charge >= 0.3 is 6.18 Å². The van der Waals surface area contributed by atoms with Gasteiger partial charge in [0.25, 0.3) is 0 Å². The van der Waals surface area contributed by atoms with Gasteiger partial charge in [0, 0.05) is 23.0 Å². The molecule has 188 valence electrons. The zero-order chi connectivity index (χ0) is 24.7. The van der Waals surface area contributed by atoms with Crippen LogP contribution in [0.2, 0.25) is 0 Å². The average Bonchev–Trinajstić information content (AvgIpc) is 3.20. The summed E-state index contributed by atoms with van der Waals surface area (Å²) >= 11 is 1.21. The summed E-state index contributed by atoms with van der Waals surface area (Å²) in [7, 11) is 2.09. The number of rotatable bonds is 7. The van der Waals surface area contributed by atoms with Crippen molar-refractivity contribution >= 4 is 33.8 Å². The third kappa shape index (κ3) is 5.45. The molecule has 0 radical (unpaired) electrons. The van der Waals surface area contributed by atoms with Gasteiger partial charge in [-0.05, 0) is 63.5 Å². The van der Waals surface area contributed by atoms with E-state index in [2.05, 4.69) is 32.8 Å². The molecule has 5 rings (SSSR count). The smallest absolute Gasteiger partial charge is 0.382 e. The molecule has 2 fully saturated rings. The van der Waals surface area contributed by atoms with Crippen LogP contribution in [-0.2, 0) is 17.9 Å². The van der Waals surface area contributed by atoms with Gasteiger partial charge in [0.15, 0.2) is 5.01 Å². The van der Waals surface area contributed by atoms with Gasteiger partial charge in [0.1, 0.15) is 11.6 Å². The molecule has 1 aliphatic carbocycles. The fourth-order valence-corrected chi connectivity index (χ4v) is 5.52. The van der Waals surface area contributed by atoms with Crippen molar-refractivity contribution < 1.29 is 18.0 Å². The van der Waals surface area contributed by atoms with E-state index >= 15 is 0 Å². The van der Waals surface area contributed by atoms with Crippen LogP contribution < -0.4 is 10.6 Å². The summed E-state index contributed by atoms with van der Waals surface area (Å²) in [5.41, 5.74) is 1.71. The molecule has 1 aromatic carbocycles. The molecule has 2 N–H and O–H groups in total. The van der Waals surface area contributed by atoms with Crippen LogP contribution in [0.25, 0.3) is 21.6 Å². The number of anilines is 1. The first-order chi connectivity index (χ1) is 16.7. The maximum absolute atomic E-state index is 13.6. The van der Waals surface area contributed by atoms with E-state index in [-0.39, 0.29) is 24.4 Å². The van der Waals surface area contributed by atoms with E-state index < -0.39 is 12.7 Å². The van der Waals surface area contributed by atoms with Crippen LogP contribution in [0.15, 0.2) is 24.3 Å². The highest BCUT2D eigenvalue weighted by atomic mass is 32.1. The zero-order valence-corrected chi connectivity index (χ0v) is 20.5. The Morgan fingerprint density at radius 1 is 1.23 bits per heavy atom. The van der Waals surface area contributed by atoms with E-state index in [9.17, 15) is 18.0 Å². The molecular weight excluding hydrogens is 477 g/mol. The lowest BCUT2D eigenvalue weighted by Crippen LogP contribution is -2.36. The summed E-state index contributed by atoms with van der Waals surface area (Å²) in [4.78, 5) is 14.4. The molecule has 0 unspecified atom stereocenters. The molecule has 1 saturated heterocycles. The van der Waals surface area contributed by atoms with Crippen LogP contribution in [-0.4, -0.2) is 57.9 Å². The summed E-state index contributed by atoms with van der Waals surface area (Å²) < 4.78 is 41.9. The number of carbonyl (C=O) groups is 1. The first-order valence-electron chi connectivity index (χ1n) is 11.9. The number of nitrogens with one attached hydrogen (secondary N) is 2. The van der Waals surface area contributed by atoms with E-state index in [4.69, 9.17) is 0 Å². The summed E-state index contributed by atoms with van der Waals surface area (Å²) in [5, 5.41) is 16.4. The molecule has 2 atom stereocenters. The first-order valence-corrected chi connectivity index (χ1v) is 12.7. The second-order valence-electron chi connectivity index (χ2n) is 9.73.